The average molecular weight is 260 g/mol. The molecule has 0 atom stereocenters. The highest BCUT2D eigenvalue weighted by molar-refractivity contribution is 5.87. The highest BCUT2D eigenvalue weighted by Gasteiger charge is 2.16. The van der Waals surface area contributed by atoms with E-state index in [-0.39, 0.29) is 12.1 Å². The molecule has 0 spiro atoms. The third-order valence-corrected chi connectivity index (χ3v) is 3.34. The van der Waals surface area contributed by atoms with Gasteiger partial charge in [-0.25, -0.2) is 4.79 Å². The summed E-state index contributed by atoms with van der Waals surface area (Å²) in [6.07, 6.45) is 8.94. The number of benzene rings is 1. The normalized spacial score (nSPS) is 16.5. The van der Waals surface area contributed by atoms with E-state index in [1.165, 1.54) is 12.5 Å². The zero-order chi connectivity index (χ0) is 13.5. The van der Waals surface area contributed by atoms with Crippen molar-refractivity contribution in [1.29, 1.82) is 0 Å². The van der Waals surface area contributed by atoms with Crippen molar-refractivity contribution >= 4 is 12.0 Å². The first kappa shape index (κ1) is 13.7. The van der Waals surface area contributed by atoms with E-state index in [9.17, 15) is 4.79 Å². The fourth-order valence-corrected chi connectivity index (χ4v) is 2.30. The molecule has 1 saturated carbocycles. The van der Waals surface area contributed by atoms with Crippen molar-refractivity contribution in [3.05, 3.63) is 35.9 Å². The minimum atomic E-state index is -0.255. The number of ether oxygens (including phenoxy) is 2. The summed E-state index contributed by atoms with van der Waals surface area (Å²) in [5.41, 5.74) is 0.931. The fourth-order valence-electron chi connectivity index (χ4n) is 2.30. The molecule has 0 N–H and O–H groups in total. The van der Waals surface area contributed by atoms with Crippen LogP contribution in [0.3, 0.4) is 0 Å². The van der Waals surface area contributed by atoms with Gasteiger partial charge in [-0.05, 0) is 49.5 Å². The Morgan fingerprint density at radius 2 is 2.05 bits per heavy atom. The first-order valence-electron chi connectivity index (χ1n) is 6.80. The van der Waals surface area contributed by atoms with Crippen molar-refractivity contribution < 1.29 is 14.3 Å². The van der Waals surface area contributed by atoms with Gasteiger partial charge in [0, 0.05) is 6.08 Å². The number of esters is 1. The van der Waals surface area contributed by atoms with Gasteiger partial charge in [0.15, 0.2) is 0 Å². The molecule has 3 heteroatoms. The van der Waals surface area contributed by atoms with Crippen LogP contribution in [0.5, 0.6) is 5.75 Å². The van der Waals surface area contributed by atoms with Gasteiger partial charge in [-0.3, -0.25) is 0 Å². The summed E-state index contributed by atoms with van der Waals surface area (Å²) in [6.45, 7) is 0. The van der Waals surface area contributed by atoms with Gasteiger partial charge in [0.2, 0.25) is 0 Å². The summed E-state index contributed by atoms with van der Waals surface area (Å²) >= 11 is 0. The molecule has 19 heavy (non-hydrogen) atoms. The molecule has 0 unspecified atom stereocenters. The lowest BCUT2D eigenvalue weighted by Gasteiger charge is -2.20. The van der Waals surface area contributed by atoms with Crippen molar-refractivity contribution in [2.24, 2.45) is 0 Å². The predicted octanol–water partition coefficient (Wildman–Crippen LogP) is 3.58. The Hall–Kier alpha value is -1.77. The Morgan fingerprint density at radius 3 is 2.79 bits per heavy atom. The number of methoxy groups -OCH3 is 1. The third kappa shape index (κ3) is 4.43. The lowest BCUT2D eigenvalue weighted by Crippen LogP contribution is -2.19. The second-order valence-electron chi connectivity index (χ2n) is 4.81. The van der Waals surface area contributed by atoms with Crippen LogP contribution in [0.25, 0.3) is 6.08 Å². The summed E-state index contributed by atoms with van der Waals surface area (Å²) in [5.74, 6) is 0.525. The lowest BCUT2D eigenvalue weighted by molar-refractivity contribution is -0.144. The summed E-state index contributed by atoms with van der Waals surface area (Å²) < 4.78 is 10.5. The van der Waals surface area contributed by atoms with E-state index in [1.807, 2.05) is 24.3 Å². The Balaban J connectivity index is 1.88. The maximum Gasteiger partial charge on any atom is 0.331 e. The van der Waals surface area contributed by atoms with Gasteiger partial charge < -0.3 is 9.47 Å². The van der Waals surface area contributed by atoms with Crippen LogP contribution in [0.15, 0.2) is 30.3 Å². The molecule has 0 aliphatic heterocycles. The molecule has 1 fully saturated rings. The minimum Gasteiger partial charge on any atom is -0.497 e. The zero-order valence-corrected chi connectivity index (χ0v) is 11.3. The van der Waals surface area contributed by atoms with Crippen molar-refractivity contribution in [1.82, 2.24) is 0 Å². The summed E-state index contributed by atoms with van der Waals surface area (Å²) in [6, 6.07) is 7.57. The molecular formula is C16H20O3. The summed E-state index contributed by atoms with van der Waals surface area (Å²) in [4.78, 5) is 11.7. The van der Waals surface area contributed by atoms with Crippen molar-refractivity contribution in [2.75, 3.05) is 7.11 Å². The molecule has 2 rings (SSSR count). The molecule has 0 amide bonds. The van der Waals surface area contributed by atoms with Crippen LogP contribution in [0.1, 0.15) is 37.7 Å². The maximum atomic E-state index is 11.7. The van der Waals surface area contributed by atoms with E-state index in [1.54, 1.807) is 13.2 Å². The van der Waals surface area contributed by atoms with E-state index in [4.69, 9.17) is 9.47 Å². The number of rotatable bonds is 4. The zero-order valence-electron chi connectivity index (χ0n) is 11.3. The van der Waals surface area contributed by atoms with Crippen LogP contribution in [0, 0.1) is 0 Å². The van der Waals surface area contributed by atoms with Gasteiger partial charge in [0.05, 0.1) is 7.11 Å². The van der Waals surface area contributed by atoms with Crippen LogP contribution in [-0.2, 0) is 9.53 Å². The topological polar surface area (TPSA) is 35.5 Å². The van der Waals surface area contributed by atoms with Crippen molar-refractivity contribution in [3.8, 4) is 5.75 Å². The molecule has 0 heterocycles. The van der Waals surface area contributed by atoms with Gasteiger partial charge in [0.25, 0.3) is 0 Å². The molecule has 1 aromatic rings. The smallest absolute Gasteiger partial charge is 0.331 e. The highest BCUT2D eigenvalue weighted by atomic mass is 16.5. The maximum absolute atomic E-state index is 11.7. The molecule has 0 radical (unpaired) electrons. The first-order chi connectivity index (χ1) is 9.28. The van der Waals surface area contributed by atoms with Gasteiger partial charge >= 0.3 is 5.97 Å². The number of hydrogen-bond donors (Lipinski definition) is 0. The second-order valence-corrected chi connectivity index (χ2v) is 4.81. The molecule has 3 nitrogen and oxygen atoms in total. The second kappa shape index (κ2) is 6.98. The standard InChI is InChI=1S/C16H20O3/c1-18-15-9-5-6-13(12-15)10-11-16(17)19-14-7-3-2-4-8-14/h5-6,9-12,14H,2-4,7-8H2,1H3/b11-10+. The lowest BCUT2D eigenvalue weighted by atomic mass is 9.98. The Morgan fingerprint density at radius 1 is 1.26 bits per heavy atom. The predicted molar refractivity (Wildman–Crippen MR) is 75.0 cm³/mol. The number of hydrogen-bond acceptors (Lipinski definition) is 3. The summed E-state index contributed by atoms with van der Waals surface area (Å²) in [5, 5.41) is 0. The molecule has 0 bridgehead atoms. The van der Waals surface area contributed by atoms with E-state index >= 15 is 0 Å². The molecule has 1 aromatic carbocycles. The summed E-state index contributed by atoms with van der Waals surface area (Å²) in [7, 11) is 1.63. The molecule has 0 aromatic heterocycles. The van der Waals surface area contributed by atoms with Crippen LogP contribution in [-0.4, -0.2) is 19.2 Å². The molecule has 102 valence electrons. The van der Waals surface area contributed by atoms with Gasteiger partial charge in [-0.2, -0.15) is 0 Å². The third-order valence-electron chi connectivity index (χ3n) is 3.34. The Kier molecular flexibility index (Phi) is 5.01. The molecule has 1 aliphatic carbocycles. The van der Waals surface area contributed by atoms with Gasteiger partial charge in [0.1, 0.15) is 11.9 Å². The van der Waals surface area contributed by atoms with Crippen molar-refractivity contribution in [2.45, 2.75) is 38.2 Å². The van der Waals surface area contributed by atoms with Crippen LogP contribution in [0.2, 0.25) is 0 Å². The largest absolute Gasteiger partial charge is 0.497 e. The van der Waals surface area contributed by atoms with E-state index < -0.39 is 0 Å². The Labute approximate surface area is 114 Å². The quantitative estimate of drug-likeness (QED) is 0.613. The first-order valence-corrected chi connectivity index (χ1v) is 6.80. The van der Waals surface area contributed by atoms with Crippen LogP contribution >= 0.6 is 0 Å². The number of carbonyl (C=O) groups excluding carboxylic acids is 1. The number of carbonyl (C=O) groups is 1. The van der Waals surface area contributed by atoms with Gasteiger partial charge in [-0.1, -0.05) is 18.6 Å². The van der Waals surface area contributed by atoms with E-state index in [2.05, 4.69) is 0 Å². The minimum absolute atomic E-state index is 0.108. The van der Waals surface area contributed by atoms with E-state index in [0.717, 1.165) is 37.0 Å². The fraction of sp³-hybridized carbons (Fsp3) is 0.438. The average Bonchev–Trinajstić information content (AvgIpc) is 2.46. The van der Waals surface area contributed by atoms with Crippen molar-refractivity contribution in [3.63, 3.8) is 0 Å². The van der Waals surface area contributed by atoms with Crippen LogP contribution in [0.4, 0.5) is 0 Å². The van der Waals surface area contributed by atoms with Crippen LogP contribution < -0.4 is 4.74 Å². The van der Waals surface area contributed by atoms with E-state index in [0.29, 0.717) is 0 Å². The molecular weight excluding hydrogens is 240 g/mol. The van der Waals surface area contributed by atoms with Gasteiger partial charge in [-0.15, -0.1) is 0 Å². The SMILES string of the molecule is COc1cccc(/C=C/C(=O)OC2CCCCC2)c1. The molecule has 1 aliphatic rings. The monoisotopic (exact) mass is 260 g/mol. The molecule has 0 saturated heterocycles. The Bertz CT molecular complexity index is 445. The highest BCUT2D eigenvalue weighted by Crippen LogP contribution is 2.20.